The summed E-state index contributed by atoms with van der Waals surface area (Å²) in [6, 6.07) is 5.39. The summed E-state index contributed by atoms with van der Waals surface area (Å²) >= 11 is 10.7. The SMILES string of the molecule is CSc1c(Cl)cccc1C(=O)C(C)Br. The molecule has 0 aromatic heterocycles. The number of ketones is 1. The van der Waals surface area contributed by atoms with E-state index in [9.17, 15) is 4.79 Å². The molecule has 76 valence electrons. The van der Waals surface area contributed by atoms with E-state index in [0.29, 0.717) is 10.6 Å². The zero-order valence-electron chi connectivity index (χ0n) is 7.88. The van der Waals surface area contributed by atoms with Gasteiger partial charge in [0.2, 0.25) is 0 Å². The molecule has 1 atom stereocenters. The second kappa shape index (κ2) is 5.19. The largest absolute Gasteiger partial charge is 0.293 e. The van der Waals surface area contributed by atoms with Crippen LogP contribution in [0.2, 0.25) is 5.02 Å². The van der Waals surface area contributed by atoms with Crippen LogP contribution in [0.1, 0.15) is 17.3 Å². The van der Waals surface area contributed by atoms with Gasteiger partial charge in [0.25, 0.3) is 0 Å². The lowest BCUT2D eigenvalue weighted by Gasteiger charge is -2.09. The predicted octanol–water partition coefficient (Wildman–Crippen LogP) is 4.03. The second-order valence-corrected chi connectivity index (χ2v) is 5.40. The fourth-order valence-electron chi connectivity index (χ4n) is 1.12. The second-order valence-electron chi connectivity index (χ2n) is 2.80. The monoisotopic (exact) mass is 292 g/mol. The van der Waals surface area contributed by atoms with Crippen molar-refractivity contribution in [1.82, 2.24) is 0 Å². The number of carbonyl (C=O) groups excluding carboxylic acids is 1. The number of hydrogen-bond acceptors (Lipinski definition) is 2. The Labute approximate surface area is 101 Å². The maximum absolute atomic E-state index is 11.8. The van der Waals surface area contributed by atoms with Gasteiger partial charge in [-0.05, 0) is 19.2 Å². The zero-order chi connectivity index (χ0) is 10.7. The summed E-state index contributed by atoms with van der Waals surface area (Å²) in [5.41, 5.74) is 0.689. The highest BCUT2D eigenvalue weighted by Gasteiger charge is 2.16. The molecule has 0 aliphatic rings. The number of hydrogen-bond donors (Lipinski definition) is 0. The van der Waals surface area contributed by atoms with Gasteiger partial charge in [-0.2, -0.15) is 0 Å². The third kappa shape index (κ3) is 2.53. The lowest BCUT2D eigenvalue weighted by atomic mass is 10.1. The van der Waals surface area contributed by atoms with Crippen LogP contribution in [0.3, 0.4) is 0 Å². The summed E-state index contributed by atoms with van der Waals surface area (Å²) in [5, 5.41) is 0.636. The molecule has 1 nitrogen and oxygen atoms in total. The van der Waals surface area contributed by atoms with Crippen molar-refractivity contribution < 1.29 is 4.79 Å². The molecule has 0 amide bonds. The Morgan fingerprint density at radius 3 is 2.71 bits per heavy atom. The van der Waals surface area contributed by atoms with E-state index in [1.807, 2.05) is 13.2 Å². The Balaban J connectivity index is 3.20. The summed E-state index contributed by atoms with van der Waals surface area (Å²) in [5.74, 6) is 0.0665. The summed E-state index contributed by atoms with van der Waals surface area (Å²) in [4.78, 5) is 12.4. The number of Topliss-reactive ketones (excluding diaryl/α,β-unsaturated/α-hetero) is 1. The molecule has 0 spiro atoms. The van der Waals surface area contributed by atoms with Gasteiger partial charge in [-0.25, -0.2) is 0 Å². The fraction of sp³-hybridized carbons (Fsp3) is 0.300. The van der Waals surface area contributed by atoms with E-state index in [1.165, 1.54) is 11.8 Å². The molecule has 0 N–H and O–H groups in total. The third-order valence-corrected chi connectivity index (χ3v) is 3.49. The van der Waals surface area contributed by atoms with Crippen LogP contribution in [0.15, 0.2) is 23.1 Å². The molecule has 1 aromatic rings. The topological polar surface area (TPSA) is 17.1 Å². The van der Waals surface area contributed by atoms with Crippen molar-refractivity contribution in [2.75, 3.05) is 6.26 Å². The number of carbonyl (C=O) groups is 1. The Hall–Kier alpha value is 0.01000. The van der Waals surface area contributed by atoms with Crippen LogP contribution in [-0.2, 0) is 0 Å². The van der Waals surface area contributed by atoms with Crippen LogP contribution in [0.4, 0.5) is 0 Å². The number of benzene rings is 1. The molecule has 1 unspecified atom stereocenters. The van der Waals surface area contributed by atoms with Gasteiger partial charge >= 0.3 is 0 Å². The number of rotatable bonds is 3. The molecule has 0 heterocycles. The van der Waals surface area contributed by atoms with Crippen molar-refractivity contribution in [2.24, 2.45) is 0 Å². The highest BCUT2D eigenvalue weighted by Crippen LogP contribution is 2.30. The number of alkyl halides is 1. The Kier molecular flexibility index (Phi) is 4.48. The first-order valence-corrected chi connectivity index (χ1v) is 6.60. The van der Waals surface area contributed by atoms with Crippen LogP contribution in [0.5, 0.6) is 0 Å². The third-order valence-electron chi connectivity index (χ3n) is 1.80. The Bertz CT molecular complexity index is 352. The van der Waals surface area contributed by atoms with E-state index in [0.717, 1.165) is 4.90 Å². The van der Waals surface area contributed by atoms with Crippen molar-refractivity contribution in [3.05, 3.63) is 28.8 Å². The van der Waals surface area contributed by atoms with Crippen LogP contribution in [0, 0.1) is 0 Å². The minimum Gasteiger partial charge on any atom is -0.293 e. The van der Waals surface area contributed by atoms with E-state index in [4.69, 9.17) is 11.6 Å². The summed E-state index contributed by atoms with van der Waals surface area (Å²) in [6.07, 6.45) is 1.91. The standard InChI is InChI=1S/C10H10BrClOS/c1-6(11)9(13)7-4-3-5-8(12)10(7)14-2/h3-6H,1-2H3. The van der Waals surface area contributed by atoms with Gasteiger partial charge in [-0.1, -0.05) is 39.7 Å². The van der Waals surface area contributed by atoms with E-state index in [-0.39, 0.29) is 10.6 Å². The first-order valence-electron chi connectivity index (χ1n) is 4.08. The van der Waals surface area contributed by atoms with Gasteiger partial charge in [0.1, 0.15) is 0 Å². The molecular formula is C10H10BrClOS. The van der Waals surface area contributed by atoms with E-state index >= 15 is 0 Å². The van der Waals surface area contributed by atoms with Crippen molar-refractivity contribution in [2.45, 2.75) is 16.6 Å². The molecule has 0 bridgehead atoms. The molecule has 0 aliphatic carbocycles. The minimum atomic E-state index is -0.174. The maximum atomic E-state index is 11.8. The van der Waals surface area contributed by atoms with Crippen LogP contribution in [-0.4, -0.2) is 16.9 Å². The highest BCUT2D eigenvalue weighted by molar-refractivity contribution is 9.10. The van der Waals surface area contributed by atoms with Gasteiger partial charge in [-0.3, -0.25) is 4.79 Å². The minimum absolute atomic E-state index is 0.0665. The van der Waals surface area contributed by atoms with Crippen LogP contribution < -0.4 is 0 Å². The van der Waals surface area contributed by atoms with E-state index < -0.39 is 0 Å². The normalized spacial score (nSPS) is 12.6. The van der Waals surface area contributed by atoms with Gasteiger partial charge in [-0.15, -0.1) is 11.8 Å². The maximum Gasteiger partial charge on any atom is 0.177 e. The Morgan fingerprint density at radius 1 is 1.57 bits per heavy atom. The molecular weight excluding hydrogens is 284 g/mol. The summed E-state index contributed by atoms with van der Waals surface area (Å²) in [7, 11) is 0. The predicted molar refractivity (Wildman–Crippen MR) is 66.0 cm³/mol. The van der Waals surface area contributed by atoms with Gasteiger partial charge in [0, 0.05) is 10.5 Å². The summed E-state index contributed by atoms with van der Waals surface area (Å²) < 4.78 is 0. The van der Waals surface area contributed by atoms with Gasteiger partial charge in [0.15, 0.2) is 5.78 Å². The average molecular weight is 294 g/mol. The smallest absolute Gasteiger partial charge is 0.177 e. The van der Waals surface area contributed by atoms with Gasteiger partial charge in [0.05, 0.1) is 9.85 Å². The molecule has 0 saturated carbocycles. The molecule has 0 saturated heterocycles. The van der Waals surface area contributed by atoms with E-state index in [1.54, 1.807) is 18.2 Å². The van der Waals surface area contributed by atoms with Crippen molar-refractivity contribution in [3.63, 3.8) is 0 Å². The highest BCUT2D eigenvalue weighted by atomic mass is 79.9. The quantitative estimate of drug-likeness (QED) is 0.475. The first-order chi connectivity index (χ1) is 6.57. The lowest BCUT2D eigenvalue weighted by molar-refractivity contribution is 0.0993. The molecule has 0 aliphatic heterocycles. The van der Waals surface area contributed by atoms with Crippen molar-refractivity contribution >= 4 is 45.1 Å². The van der Waals surface area contributed by atoms with Crippen LogP contribution in [0.25, 0.3) is 0 Å². The molecule has 1 rings (SSSR count). The Morgan fingerprint density at radius 2 is 2.21 bits per heavy atom. The number of halogens is 2. The van der Waals surface area contributed by atoms with Gasteiger partial charge < -0.3 is 0 Å². The van der Waals surface area contributed by atoms with Crippen LogP contribution >= 0.6 is 39.3 Å². The molecule has 4 heteroatoms. The molecule has 0 fully saturated rings. The molecule has 14 heavy (non-hydrogen) atoms. The number of thioether (sulfide) groups is 1. The van der Waals surface area contributed by atoms with Crippen molar-refractivity contribution in [1.29, 1.82) is 0 Å². The van der Waals surface area contributed by atoms with Crippen molar-refractivity contribution in [3.8, 4) is 0 Å². The zero-order valence-corrected chi connectivity index (χ0v) is 11.0. The fourth-order valence-corrected chi connectivity index (χ4v) is 2.43. The average Bonchev–Trinajstić information content (AvgIpc) is 2.16. The molecule has 1 aromatic carbocycles. The summed E-state index contributed by atoms with van der Waals surface area (Å²) in [6.45, 7) is 1.81. The lowest BCUT2D eigenvalue weighted by Crippen LogP contribution is -2.11. The first kappa shape index (κ1) is 12.1. The molecule has 0 radical (unpaired) electrons. The van der Waals surface area contributed by atoms with E-state index in [2.05, 4.69) is 15.9 Å².